The number of hydrogen-bond acceptors (Lipinski definition) is 8. The van der Waals surface area contributed by atoms with Crippen molar-refractivity contribution in [3.63, 3.8) is 0 Å². The Bertz CT molecular complexity index is 1410. The number of phenolic OH excluding ortho intramolecular Hbond substituents is 1. The Hall–Kier alpha value is -4.46. The molecular weight excluding hydrogens is 398 g/mol. The minimum absolute atomic E-state index is 0.0884. The minimum atomic E-state index is -0.169. The van der Waals surface area contributed by atoms with Crippen LogP contribution in [-0.2, 0) is 6.61 Å². The topological polar surface area (TPSA) is 111 Å². The molecular formula is C23H15N3O5. The number of benzene rings is 2. The van der Waals surface area contributed by atoms with Crippen molar-refractivity contribution in [1.82, 2.24) is 15.1 Å². The first kappa shape index (κ1) is 18.6. The van der Waals surface area contributed by atoms with Crippen molar-refractivity contribution >= 4 is 11.0 Å². The molecule has 5 aromatic rings. The van der Waals surface area contributed by atoms with Gasteiger partial charge in [-0.05, 0) is 42.0 Å². The number of ether oxygens (including phenoxy) is 1. The highest BCUT2D eigenvalue weighted by Gasteiger charge is 2.12. The van der Waals surface area contributed by atoms with E-state index in [4.69, 9.17) is 13.7 Å². The van der Waals surface area contributed by atoms with Gasteiger partial charge in [-0.15, -0.1) is 0 Å². The standard InChI is InChI=1S/C23H15N3O5/c27-16-5-3-14(4-6-16)19-12-30-20-10-17(7-8-18(20)22(19)28)29-13-21-25-23(31-26-21)15-2-1-9-24-11-15/h1-12,27H,13H2. The molecule has 0 aliphatic rings. The molecule has 0 spiro atoms. The molecule has 31 heavy (non-hydrogen) atoms. The van der Waals surface area contributed by atoms with Crippen LogP contribution in [0.2, 0.25) is 0 Å². The van der Waals surface area contributed by atoms with Gasteiger partial charge in [-0.2, -0.15) is 4.98 Å². The first-order valence-corrected chi connectivity index (χ1v) is 9.38. The summed E-state index contributed by atoms with van der Waals surface area (Å²) in [6.07, 6.45) is 4.70. The van der Waals surface area contributed by atoms with Crippen molar-refractivity contribution in [2.45, 2.75) is 6.61 Å². The lowest BCUT2D eigenvalue weighted by Crippen LogP contribution is -2.05. The lowest BCUT2D eigenvalue weighted by atomic mass is 10.1. The van der Waals surface area contributed by atoms with E-state index in [2.05, 4.69) is 15.1 Å². The second kappa shape index (κ2) is 7.75. The maximum Gasteiger partial charge on any atom is 0.259 e. The normalized spacial score (nSPS) is 11.0. The summed E-state index contributed by atoms with van der Waals surface area (Å²) >= 11 is 0. The minimum Gasteiger partial charge on any atom is -0.508 e. The average Bonchev–Trinajstić information content (AvgIpc) is 3.28. The molecule has 0 saturated carbocycles. The third-order valence-corrected chi connectivity index (χ3v) is 4.67. The van der Waals surface area contributed by atoms with E-state index in [1.54, 1.807) is 48.8 Å². The summed E-state index contributed by atoms with van der Waals surface area (Å²) in [6.45, 7) is 0.0884. The average molecular weight is 413 g/mol. The SMILES string of the molecule is O=c1c(-c2ccc(O)cc2)coc2cc(OCc3noc(-c4cccnc4)n3)ccc12. The van der Waals surface area contributed by atoms with Crippen molar-refractivity contribution in [3.8, 4) is 34.1 Å². The van der Waals surface area contributed by atoms with Crippen LogP contribution >= 0.6 is 0 Å². The van der Waals surface area contributed by atoms with Crippen molar-refractivity contribution in [3.05, 3.63) is 89.3 Å². The van der Waals surface area contributed by atoms with E-state index in [1.165, 1.54) is 18.4 Å². The van der Waals surface area contributed by atoms with E-state index in [0.717, 1.165) is 5.56 Å². The maximum absolute atomic E-state index is 12.8. The molecule has 0 atom stereocenters. The Labute approximate surface area is 175 Å². The van der Waals surface area contributed by atoms with Crippen LogP contribution in [0.3, 0.4) is 0 Å². The summed E-state index contributed by atoms with van der Waals surface area (Å²) < 4.78 is 16.6. The Morgan fingerprint density at radius 3 is 2.71 bits per heavy atom. The highest BCUT2D eigenvalue weighted by Crippen LogP contribution is 2.25. The molecule has 0 aliphatic heterocycles. The van der Waals surface area contributed by atoms with Crippen molar-refractivity contribution in [2.75, 3.05) is 0 Å². The van der Waals surface area contributed by atoms with E-state index in [-0.39, 0.29) is 17.8 Å². The Kier molecular flexibility index (Phi) is 4.64. The molecule has 8 nitrogen and oxygen atoms in total. The van der Waals surface area contributed by atoms with Gasteiger partial charge in [0.25, 0.3) is 5.89 Å². The third-order valence-electron chi connectivity index (χ3n) is 4.67. The summed E-state index contributed by atoms with van der Waals surface area (Å²) in [5.74, 6) is 1.37. The molecule has 152 valence electrons. The molecule has 0 saturated heterocycles. The molecule has 1 N–H and O–H groups in total. The smallest absolute Gasteiger partial charge is 0.259 e. The zero-order valence-electron chi connectivity index (χ0n) is 16.1. The van der Waals surface area contributed by atoms with E-state index in [9.17, 15) is 9.90 Å². The van der Waals surface area contributed by atoms with Gasteiger partial charge in [0.2, 0.25) is 5.82 Å². The molecule has 0 amide bonds. The monoisotopic (exact) mass is 413 g/mol. The fourth-order valence-electron chi connectivity index (χ4n) is 3.11. The van der Waals surface area contributed by atoms with Gasteiger partial charge in [-0.3, -0.25) is 9.78 Å². The fourth-order valence-corrected chi connectivity index (χ4v) is 3.11. The highest BCUT2D eigenvalue weighted by atomic mass is 16.5. The molecule has 0 bridgehead atoms. The molecule has 8 heteroatoms. The van der Waals surface area contributed by atoms with Crippen LogP contribution in [0.5, 0.6) is 11.5 Å². The second-order valence-electron chi connectivity index (χ2n) is 6.73. The van der Waals surface area contributed by atoms with Crippen LogP contribution < -0.4 is 10.2 Å². The molecule has 3 aromatic heterocycles. The lowest BCUT2D eigenvalue weighted by Gasteiger charge is -2.06. The Morgan fingerprint density at radius 1 is 1.03 bits per heavy atom. The Morgan fingerprint density at radius 2 is 1.90 bits per heavy atom. The van der Waals surface area contributed by atoms with Crippen LogP contribution in [0.15, 0.2) is 87.0 Å². The summed E-state index contributed by atoms with van der Waals surface area (Å²) in [7, 11) is 0. The molecule has 0 fully saturated rings. The summed E-state index contributed by atoms with van der Waals surface area (Å²) in [5, 5.41) is 13.8. The number of pyridine rings is 1. The largest absolute Gasteiger partial charge is 0.508 e. The van der Waals surface area contributed by atoms with Crippen molar-refractivity contribution < 1.29 is 18.8 Å². The number of aromatic nitrogens is 3. The maximum atomic E-state index is 12.8. The molecule has 2 aromatic carbocycles. The second-order valence-corrected chi connectivity index (χ2v) is 6.73. The van der Waals surface area contributed by atoms with Crippen LogP contribution in [0.25, 0.3) is 33.6 Å². The quantitative estimate of drug-likeness (QED) is 0.457. The number of rotatable bonds is 5. The molecule has 3 heterocycles. The van der Waals surface area contributed by atoms with Crippen LogP contribution in [-0.4, -0.2) is 20.2 Å². The van der Waals surface area contributed by atoms with Gasteiger partial charge < -0.3 is 18.8 Å². The van der Waals surface area contributed by atoms with Crippen LogP contribution in [0.1, 0.15) is 5.82 Å². The van der Waals surface area contributed by atoms with E-state index >= 15 is 0 Å². The lowest BCUT2D eigenvalue weighted by molar-refractivity contribution is 0.287. The van der Waals surface area contributed by atoms with E-state index < -0.39 is 0 Å². The highest BCUT2D eigenvalue weighted by molar-refractivity contribution is 5.82. The van der Waals surface area contributed by atoms with Gasteiger partial charge >= 0.3 is 0 Å². The number of nitrogens with zero attached hydrogens (tertiary/aromatic N) is 3. The zero-order valence-corrected chi connectivity index (χ0v) is 16.1. The van der Waals surface area contributed by atoms with Crippen LogP contribution in [0.4, 0.5) is 0 Å². The number of hydrogen-bond donors (Lipinski definition) is 1. The Balaban J connectivity index is 1.36. The van der Waals surface area contributed by atoms with E-state index in [0.29, 0.717) is 39.6 Å². The first-order valence-electron chi connectivity index (χ1n) is 9.38. The van der Waals surface area contributed by atoms with Gasteiger partial charge in [-0.1, -0.05) is 17.3 Å². The summed E-state index contributed by atoms with van der Waals surface area (Å²) in [5.41, 5.74) is 2.02. The first-order chi connectivity index (χ1) is 15.2. The van der Waals surface area contributed by atoms with Gasteiger partial charge in [0.05, 0.1) is 16.5 Å². The van der Waals surface area contributed by atoms with Gasteiger partial charge in [0, 0.05) is 18.5 Å². The van der Waals surface area contributed by atoms with Gasteiger partial charge in [0.15, 0.2) is 12.0 Å². The predicted octanol–water partition coefficient (Wildman–Crippen LogP) is 4.19. The number of aromatic hydroxyl groups is 1. The van der Waals surface area contributed by atoms with Gasteiger partial charge in [0.1, 0.15) is 23.3 Å². The molecule has 0 unspecified atom stereocenters. The third kappa shape index (κ3) is 3.74. The zero-order chi connectivity index (χ0) is 21.2. The van der Waals surface area contributed by atoms with Crippen molar-refractivity contribution in [2.24, 2.45) is 0 Å². The number of fused-ring (bicyclic) bond motifs is 1. The number of phenols is 1. The molecule has 0 radical (unpaired) electrons. The fraction of sp³-hybridized carbons (Fsp3) is 0.0435. The summed E-state index contributed by atoms with van der Waals surface area (Å²) in [4.78, 5) is 21.2. The summed E-state index contributed by atoms with van der Waals surface area (Å²) in [6, 6.07) is 14.9. The van der Waals surface area contributed by atoms with E-state index in [1.807, 2.05) is 6.07 Å². The molecule has 0 aliphatic carbocycles. The van der Waals surface area contributed by atoms with Crippen molar-refractivity contribution in [1.29, 1.82) is 0 Å². The molecule has 5 rings (SSSR count). The van der Waals surface area contributed by atoms with Crippen LogP contribution in [0, 0.1) is 0 Å². The van der Waals surface area contributed by atoms with Gasteiger partial charge in [-0.25, -0.2) is 0 Å². The predicted molar refractivity (Wildman–Crippen MR) is 111 cm³/mol.